The molecule has 0 bridgehead atoms. The van der Waals surface area contributed by atoms with Gasteiger partial charge in [-0.3, -0.25) is 4.90 Å². The highest BCUT2D eigenvalue weighted by Gasteiger charge is 2.23. The molecule has 0 amide bonds. The zero-order valence-electron chi connectivity index (χ0n) is 13.9. The number of piperazine rings is 1. The van der Waals surface area contributed by atoms with Crippen LogP contribution in [0.5, 0.6) is 0 Å². The molecule has 1 aliphatic heterocycles. The number of benzene rings is 1. The molecule has 0 spiro atoms. The standard InChI is InChI=1S/C18H31N3/c1-4-6-17(7-5-2)20-10-12-21(13-11-20)18-9-8-16(19)14-15(18)3/h8-9,14,17H,4-7,10-13,19H2,1-3H3. The fourth-order valence-corrected chi connectivity index (χ4v) is 3.54. The first-order valence-corrected chi connectivity index (χ1v) is 8.50. The number of nitrogens with two attached hydrogens (primary N) is 1. The van der Waals surface area contributed by atoms with E-state index < -0.39 is 0 Å². The summed E-state index contributed by atoms with van der Waals surface area (Å²) < 4.78 is 0. The van der Waals surface area contributed by atoms with Crippen LogP contribution in [0, 0.1) is 6.92 Å². The first-order chi connectivity index (χ1) is 10.2. The van der Waals surface area contributed by atoms with Crippen molar-refractivity contribution in [1.29, 1.82) is 0 Å². The second kappa shape index (κ2) is 7.69. The van der Waals surface area contributed by atoms with Crippen LogP contribution in [-0.2, 0) is 0 Å². The van der Waals surface area contributed by atoms with Crippen molar-refractivity contribution in [3.05, 3.63) is 23.8 Å². The van der Waals surface area contributed by atoms with Crippen molar-refractivity contribution < 1.29 is 0 Å². The Bertz CT molecular complexity index is 430. The van der Waals surface area contributed by atoms with E-state index in [2.05, 4.69) is 42.7 Å². The largest absolute Gasteiger partial charge is 0.399 e. The molecule has 21 heavy (non-hydrogen) atoms. The first kappa shape index (κ1) is 16.2. The van der Waals surface area contributed by atoms with Crippen molar-refractivity contribution in [2.75, 3.05) is 36.8 Å². The van der Waals surface area contributed by atoms with E-state index in [1.165, 1.54) is 50.0 Å². The van der Waals surface area contributed by atoms with Gasteiger partial charge in [0.05, 0.1) is 0 Å². The Balaban J connectivity index is 1.95. The van der Waals surface area contributed by atoms with E-state index in [1.54, 1.807) is 0 Å². The molecule has 118 valence electrons. The number of nitrogens with zero attached hydrogens (tertiary/aromatic N) is 2. The third-order valence-corrected chi connectivity index (χ3v) is 4.64. The van der Waals surface area contributed by atoms with E-state index in [9.17, 15) is 0 Å². The van der Waals surface area contributed by atoms with Crippen molar-refractivity contribution >= 4 is 11.4 Å². The SMILES string of the molecule is CCCC(CCC)N1CCN(c2ccc(N)cc2C)CC1. The van der Waals surface area contributed by atoms with E-state index in [-0.39, 0.29) is 0 Å². The average molecular weight is 289 g/mol. The van der Waals surface area contributed by atoms with Crippen LogP contribution in [0.25, 0.3) is 0 Å². The molecule has 1 fully saturated rings. The van der Waals surface area contributed by atoms with E-state index in [4.69, 9.17) is 5.73 Å². The molecular weight excluding hydrogens is 258 g/mol. The second-order valence-corrected chi connectivity index (χ2v) is 6.30. The average Bonchev–Trinajstić information content (AvgIpc) is 2.47. The third-order valence-electron chi connectivity index (χ3n) is 4.64. The molecule has 1 saturated heterocycles. The molecular formula is C18H31N3. The summed E-state index contributed by atoms with van der Waals surface area (Å²) in [5.74, 6) is 0. The van der Waals surface area contributed by atoms with Crippen molar-refractivity contribution in [2.24, 2.45) is 0 Å². The maximum absolute atomic E-state index is 5.86. The van der Waals surface area contributed by atoms with Crippen LogP contribution >= 0.6 is 0 Å². The Labute approximate surface area is 130 Å². The maximum Gasteiger partial charge on any atom is 0.0398 e. The van der Waals surface area contributed by atoms with Crippen LogP contribution in [0.4, 0.5) is 11.4 Å². The number of nitrogen functional groups attached to an aromatic ring is 1. The summed E-state index contributed by atoms with van der Waals surface area (Å²) in [5, 5.41) is 0. The predicted molar refractivity (Wildman–Crippen MR) is 93.0 cm³/mol. The van der Waals surface area contributed by atoms with E-state index >= 15 is 0 Å². The van der Waals surface area contributed by atoms with Gasteiger partial charge in [0.25, 0.3) is 0 Å². The van der Waals surface area contributed by atoms with Gasteiger partial charge < -0.3 is 10.6 Å². The van der Waals surface area contributed by atoms with Gasteiger partial charge in [-0.25, -0.2) is 0 Å². The minimum atomic E-state index is 0.787. The minimum absolute atomic E-state index is 0.787. The molecule has 1 heterocycles. The maximum atomic E-state index is 5.86. The zero-order valence-corrected chi connectivity index (χ0v) is 13.9. The van der Waals surface area contributed by atoms with Gasteiger partial charge in [0, 0.05) is 43.6 Å². The highest BCUT2D eigenvalue weighted by molar-refractivity contribution is 5.59. The summed E-state index contributed by atoms with van der Waals surface area (Å²) in [6.07, 6.45) is 5.27. The number of anilines is 2. The van der Waals surface area contributed by atoms with Crippen LogP contribution in [-0.4, -0.2) is 37.1 Å². The van der Waals surface area contributed by atoms with Crippen molar-refractivity contribution in [1.82, 2.24) is 4.90 Å². The number of aryl methyl sites for hydroxylation is 1. The second-order valence-electron chi connectivity index (χ2n) is 6.30. The van der Waals surface area contributed by atoms with Crippen molar-refractivity contribution in [3.8, 4) is 0 Å². The quantitative estimate of drug-likeness (QED) is 0.811. The summed E-state index contributed by atoms with van der Waals surface area (Å²) in [6, 6.07) is 7.06. The highest BCUT2D eigenvalue weighted by Crippen LogP contribution is 2.24. The molecule has 1 aliphatic rings. The fourth-order valence-electron chi connectivity index (χ4n) is 3.54. The monoisotopic (exact) mass is 289 g/mol. The van der Waals surface area contributed by atoms with Gasteiger partial charge in [-0.2, -0.15) is 0 Å². The smallest absolute Gasteiger partial charge is 0.0398 e. The Morgan fingerprint density at radius 2 is 1.67 bits per heavy atom. The lowest BCUT2D eigenvalue weighted by Gasteiger charge is -2.40. The Morgan fingerprint density at radius 1 is 1.05 bits per heavy atom. The molecule has 2 rings (SSSR count). The molecule has 0 unspecified atom stereocenters. The van der Waals surface area contributed by atoms with Crippen molar-refractivity contribution in [3.63, 3.8) is 0 Å². The summed E-state index contributed by atoms with van der Waals surface area (Å²) >= 11 is 0. The molecule has 0 atom stereocenters. The Morgan fingerprint density at radius 3 is 2.19 bits per heavy atom. The van der Waals surface area contributed by atoms with Gasteiger partial charge in [-0.05, 0) is 43.5 Å². The van der Waals surface area contributed by atoms with E-state index in [1.807, 2.05) is 6.07 Å². The summed E-state index contributed by atoms with van der Waals surface area (Å²) in [4.78, 5) is 5.22. The van der Waals surface area contributed by atoms with Gasteiger partial charge in [0.2, 0.25) is 0 Å². The van der Waals surface area contributed by atoms with E-state index in [0.29, 0.717) is 0 Å². The van der Waals surface area contributed by atoms with Gasteiger partial charge in [0.15, 0.2) is 0 Å². The van der Waals surface area contributed by atoms with Gasteiger partial charge in [-0.1, -0.05) is 26.7 Å². The molecule has 0 saturated carbocycles. The van der Waals surface area contributed by atoms with Crippen LogP contribution < -0.4 is 10.6 Å². The Hall–Kier alpha value is -1.22. The summed E-state index contributed by atoms with van der Waals surface area (Å²) in [6.45, 7) is 11.4. The topological polar surface area (TPSA) is 32.5 Å². The Kier molecular flexibility index (Phi) is 5.92. The highest BCUT2D eigenvalue weighted by atomic mass is 15.3. The molecule has 3 nitrogen and oxygen atoms in total. The minimum Gasteiger partial charge on any atom is -0.399 e. The van der Waals surface area contributed by atoms with Crippen LogP contribution in [0.3, 0.4) is 0 Å². The van der Waals surface area contributed by atoms with Crippen LogP contribution in [0.15, 0.2) is 18.2 Å². The van der Waals surface area contributed by atoms with Crippen LogP contribution in [0.1, 0.15) is 45.1 Å². The summed E-state index contributed by atoms with van der Waals surface area (Å²) in [5.41, 5.74) is 9.37. The lowest BCUT2D eigenvalue weighted by atomic mass is 10.0. The van der Waals surface area contributed by atoms with E-state index in [0.717, 1.165) is 24.8 Å². The van der Waals surface area contributed by atoms with Crippen LogP contribution in [0.2, 0.25) is 0 Å². The van der Waals surface area contributed by atoms with Gasteiger partial charge >= 0.3 is 0 Å². The molecule has 0 aromatic heterocycles. The van der Waals surface area contributed by atoms with Gasteiger partial charge in [-0.15, -0.1) is 0 Å². The summed E-state index contributed by atoms with van der Waals surface area (Å²) in [7, 11) is 0. The fraction of sp³-hybridized carbons (Fsp3) is 0.667. The molecule has 3 heteroatoms. The zero-order chi connectivity index (χ0) is 15.2. The third kappa shape index (κ3) is 4.13. The lowest BCUT2D eigenvalue weighted by molar-refractivity contribution is 0.165. The number of hydrogen-bond donors (Lipinski definition) is 1. The molecule has 2 N–H and O–H groups in total. The van der Waals surface area contributed by atoms with Crippen molar-refractivity contribution in [2.45, 2.75) is 52.5 Å². The van der Waals surface area contributed by atoms with Gasteiger partial charge in [0.1, 0.15) is 0 Å². The molecule has 0 aliphatic carbocycles. The number of hydrogen-bond acceptors (Lipinski definition) is 3. The normalized spacial score (nSPS) is 16.7. The number of rotatable bonds is 6. The molecule has 1 aromatic rings. The molecule has 1 aromatic carbocycles. The first-order valence-electron chi connectivity index (χ1n) is 8.50. The predicted octanol–water partition coefficient (Wildman–Crippen LogP) is 3.67. The molecule has 0 radical (unpaired) electrons. The lowest BCUT2D eigenvalue weighted by Crippen LogP contribution is -2.50.